The maximum Gasteiger partial charge on any atom is 0.242 e. The molecule has 1 aromatic heterocycles. The predicted molar refractivity (Wildman–Crippen MR) is 153 cm³/mol. The molecule has 0 unspecified atom stereocenters. The van der Waals surface area contributed by atoms with Gasteiger partial charge in [-0.25, -0.2) is 18.1 Å². The Balaban J connectivity index is 1.59. The van der Waals surface area contributed by atoms with Crippen LogP contribution in [0.2, 0.25) is 5.02 Å². The number of carbonyl (C=O) groups is 1. The summed E-state index contributed by atoms with van der Waals surface area (Å²) in [6.45, 7) is 5.32. The first-order valence-electron chi connectivity index (χ1n) is 12.5. The van der Waals surface area contributed by atoms with Gasteiger partial charge >= 0.3 is 0 Å². The number of anilines is 5. The van der Waals surface area contributed by atoms with Crippen LogP contribution in [-0.4, -0.2) is 50.5 Å². The van der Waals surface area contributed by atoms with Gasteiger partial charge < -0.3 is 26.0 Å². The van der Waals surface area contributed by atoms with Crippen molar-refractivity contribution >= 4 is 56.4 Å². The molecule has 1 fully saturated rings. The lowest BCUT2D eigenvalue weighted by Gasteiger charge is -2.32. The van der Waals surface area contributed by atoms with E-state index < -0.39 is 10.0 Å². The number of hydrogen-bond acceptors (Lipinski definition) is 9. The number of rotatable bonds is 10. The Hall–Kier alpha value is -3.61. The van der Waals surface area contributed by atoms with Gasteiger partial charge in [-0.2, -0.15) is 4.98 Å². The number of benzene rings is 2. The van der Waals surface area contributed by atoms with E-state index in [9.17, 15) is 13.2 Å². The normalized spacial score (nSPS) is 14.3. The number of aromatic nitrogens is 2. The highest BCUT2D eigenvalue weighted by molar-refractivity contribution is 7.89. The van der Waals surface area contributed by atoms with Gasteiger partial charge in [-0.05, 0) is 58.0 Å². The number of amides is 1. The third-order valence-electron chi connectivity index (χ3n) is 6.28. The molecule has 0 aliphatic carbocycles. The summed E-state index contributed by atoms with van der Waals surface area (Å²) < 4.78 is 33.3. The van der Waals surface area contributed by atoms with E-state index in [1.165, 1.54) is 19.3 Å². The third kappa shape index (κ3) is 6.88. The second-order valence-corrected chi connectivity index (χ2v) is 11.6. The van der Waals surface area contributed by atoms with Crippen LogP contribution < -0.4 is 30.7 Å². The third-order valence-corrected chi connectivity index (χ3v) is 8.03. The molecule has 1 amide bonds. The molecule has 1 aliphatic heterocycles. The fraction of sp³-hybridized carbons (Fsp3) is 0.346. The Morgan fingerprint density at radius 2 is 1.85 bits per heavy atom. The van der Waals surface area contributed by atoms with E-state index in [0.717, 1.165) is 18.8 Å². The van der Waals surface area contributed by atoms with Gasteiger partial charge in [-0.3, -0.25) is 4.79 Å². The van der Waals surface area contributed by atoms with Crippen molar-refractivity contribution in [3.05, 3.63) is 53.7 Å². The molecule has 1 saturated heterocycles. The minimum absolute atomic E-state index is 0.0553. The quantitative estimate of drug-likeness (QED) is 0.282. The first-order valence-corrected chi connectivity index (χ1v) is 14.4. The first-order chi connectivity index (χ1) is 18.6. The van der Waals surface area contributed by atoms with Gasteiger partial charge in [-0.15, -0.1) is 0 Å². The topological polar surface area (TPSA) is 152 Å². The SMILES string of the molecule is CNS(=O)(=O)c1ccccc1Nc1nc(Nc2ccc(N3CCC(C(N)=O)CC3)cc2OC(C)C)ncc1Cl. The van der Waals surface area contributed by atoms with E-state index >= 15 is 0 Å². The predicted octanol–water partition coefficient (Wildman–Crippen LogP) is 4.01. The Kier molecular flexibility index (Phi) is 8.78. The van der Waals surface area contributed by atoms with E-state index in [1.807, 2.05) is 32.0 Å². The van der Waals surface area contributed by atoms with Crippen molar-refractivity contribution in [2.24, 2.45) is 11.7 Å². The van der Waals surface area contributed by atoms with Gasteiger partial charge in [0.1, 0.15) is 15.7 Å². The van der Waals surface area contributed by atoms with Crippen LogP contribution in [0.1, 0.15) is 26.7 Å². The van der Waals surface area contributed by atoms with Gasteiger partial charge in [0.05, 0.1) is 23.7 Å². The molecule has 0 saturated carbocycles. The zero-order chi connectivity index (χ0) is 28.2. The number of nitrogens with zero attached hydrogens (tertiary/aromatic N) is 3. The number of carbonyl (C=O) groups excluding carboxylic acids is 1. The zero-order valence-electron chi connectivity index (χ0n) is 21.9. The van der Waals surface area contributed by atoms with Crippen molar-refractivity contribution in [1.82, 2.24) is 14.7 Å². The molecule has 0 atom stereocenters. The number of halogens is 1. The minimum Gasteiger partial charge on any atom is -0.489 e. The Morgan fingerprint density at radius 1 is 1.13 bits per heavy atom. The maximum atomic E-state index is 12.5. The lowest BCUT2D eigenvalue weighted by molar-refractivity contribution is -0.122. The van der Waals surface area contributed by atoms with Gasteiger partial charge in [0.25, 0.3) is 0 Å². The van der Waals surface area contributed by atoms with Crippen LogP contribution >= 0.6 is 11.6 Å². The summed E-state index contributed by atoms with van der Waals surface area (Å²) in [5.74, 6) is 0.733. The van der Waals surface area contributed by atoms with Crippen LogP contribution in [0.25, 0.3) is 0 Å². The summed E-state index contributed by atoms with van der Waals surface area (Å²) in [6.07, 6.45) is 2.76. The smallest absolute Gasteiger partial charge is 0.242 e. The highest BCUT2D eigenvalue weighted by Gasteiger charge is 2.24. The van der Waals surface area contributed by atoms with E-state index in [1.54, 1.807) is 18.2 Å². The summed E-state index contributed by atoms with van der Waals surface area (Å²) >= 11 is 6.35. The van der Waals surface area contributed by atoms with Crippen molar-refractivity contribution in [3.63, 3.8) is 0 Å². The lowest BCUT2D eigenvalue weighted by Crippen LogP contribution is -2.38. The largest absolute Gasteiger partial charge is 0.489 e. The molecule has 2 aromatic carbocycles. The number of primary amides is 1. The van der Waals surface area contributed by atoms with Gasteiger partial charge in [-0.1, -0.05) is 23.7 Å². The summed E-state index contributed by atoms with van der Waals surface area (Å²) in [5.41, 5.74) is 7.41. The molecular formula is C26H32ClN7O4S. The number of piperidine rings is 1. The van der Waals surface area contributed by atoms with Crippen LogP contribution in [0.5, 0.6) is 5.75 Å². The second kappa shape index (κ2) is 12.1. The molecule has 208 valence electrons. The number of ether oxygens (including phenoxy) is 1. The Labute approximate surface area is 233 Å². The van der Waals surface area contributed by atoms with E-state index in [2.05, 4.69) is 30.2 Å². The molecule has 11 nitrogen and oxygen atoms in total. The standard InChI is InChI=1S/C26H32ClN7O4S/c1-16(2)38-22-14-18(34-12-10-17(11-13-34)24(28)35)8-9-20(22)32-26-30-15-19(27)25(33-26)31-21-6-4-5-7-23(21)39(36,37)29-3/h4-9,14-17,29H,10-13H2,1-3H3,(H2,28,35)(H2,30,31,32,33). The van der Waals surface area contributed by atoms with Crippen molar-refractivity contribution in [2.45, 2.75) is 37.7 Å². The number of para-hydroxylation sites is 1. The average molecular weight is 574 g/mol. The molecule has 4 rings (SSSR count). The average Bonchev–Trinajstić information content (AvgIpc) is 2.91. The summed E-state index contributed by atoms with van der Waals surface area (Å²) in [7, 11) is -2.37. The Bertz CT molecular complexity index is 1440. The van der Waals surface area contributed by atoms with Crippen molar-refractivity contribution in [1.29, 1.82) is 0 Å². The van der Waals surface area contributed by atoms with Crippen molar-refractivity contribution in [2.75, 3.05) is 35.7 Å². The van der Waals surface area contributed by atoms with Crippen molar-refractivity contribution in [3.8, 4) is 5.75 Å². The fourth-order valence-corrected chi connectivity index (χ4v) is 5.29. The molecule has 1 aliphatic rings. The number of hydrogen-bond donors (Lipinski definition) is 4. The van der Waals surface area contributed by atoms with Gasteiger partial charge in [0, 0.05) is 30.8 Å². The number of sulfonamides is 1. The molecule has 5 N–H and O–H groups in total. The second-order valence-electron chi connectivity index (χ2n) is 9.35. The molecule has 3 aromatic rings. The molecule has 2 heterocycles. The first kappa shape index (κ1) is 28.4. The molecule has 0 spiro atoms. The van der Waals surface area contributed by atoms with Crippen LogP contribution in [-0.2, 0) is 14.8 Å². The van der Waals surface area contributed by atoms with Gasteiger partial charge in [0.15, 0.2) is 5.82 Å². The summed E-state index contributed by atoms with van der Waals surface area (Å²) in [5, 5.41) is 6.40. The van der Waals surface area contributed by atoms with Crippen LogP contribution in [0, 0.1) is 5.92 Å². The number of nitrogens with two attached hydrogens (primary N) is 1. The van der Waals surface area contributed by atoms with E-state index in [4.69, 9.17) is 22.1 Å². The molecule has 39 heavy (non-hydrogen) atoms. The zero-order valence-corrected chi connectivity index (χ0v) is 23.5. The van der Waals surface area contributed by atoms with E-state index in [-0.39, 0.29) is 39.6 Å². The van der Waals surface area contributed by atoms with Crippen LogP contribution in [0.4, 0.5) is 28.8 Å². The highest BCUT2D eigenvalue weighted by Crippen LogP contribution is 2.35. The van der Waals surface area contributed by atoms with Gasteiger partial charge in [0.2, 0.25) is 21.9 Å². The van der Waals surface area contributed by atoms with Crippen LogP contribution in [0.15, 0.2) is 53.6 Å². The molecule has 0 bridgehead atoms. The number of nitrogens with one attached hydrogen (secondary N) is 3. The highest BCUT2D eigenvalue weighted by atomic mass is 35.5. The lowest BCUT2D eigenvalue weighted by atomic mass is 9.96. The molecular weight excluding hydrogens is 542 g/mol. The monoisotopic (exact) mass is 573 g/mol. The maximum absolute atomic E-state index is 12.5. The molecule has 0 radical (unpaired) electrons. The fourth-order valence-electron chi connectivity index (χ4n) is 4.26. The summed E-state index contributed by atoms with van der Waals surface area (Å²) in [6, 6.07) is 12.2. The Morgan fingerprint density at radius 3 is 2.51 bits per heavy atom. The van der Waals surface area contributed by atoms with Crippen LogP contribution in [0.3, 0.4) is 0 Å². The minimum atomic E-state index is -3.72. The molecule has 13 heteroatoms. The summed E-state index contributed by atoms with van der Waals surface area (Å²) in [4.78, 5) is 22.6. The van der Waals surface area contributed by atoms with E-state index in [0.29, 0.717) is 30.0 Å². The van der Waals surface area contributed by atoms with Crippen molar-refractivity contribution < 1.29 is 17.9 Å².